The van der Waals surface area contributed by atoms with Crippen molar-refractivity contribution in [1.29, 1.82) is 0 Å². The molecule has 0 aliphatic rings. The van der Waals surface area contributed by atoms with Crippen molar-refractivity contribution in [2.75, 3.05) is 0 Å². The van der Waals surface area contributed by atoms with Crippen molar-refractivity contribution < 1.29 is 61.5 Å². The van der Waals surface area contributed by atoms with Crippen LogP contribution in [-0.2, 0) is 9.59 Å². The number of rotatable bonds is 4. The maximum atomic E-state index is 10.4. The molecule has 0 saturated heterocycles. The summed E-state index contributed by atoms with van der Waals surface area (Å²) < 4.78 is 0. The number of carboxylic acid groups (broad SMARTS) is 2. The van der Waals surface area contributed by atoms with Crippen molar-refractivity contribution in [3.63, 3.8) is 0 Å². The summed E-state index contributed by atoms with van der Waals surface area (Å²) in [7, 11) is 0. The van der Waals surface area contributed by atoms with Gasteiger partial charge in [-0.1, -0.05) is 13.8 Å². The van der Waals surface area contributed by atoms with Crippen LogP contribution in [0.3, 0.4) is 0 Å². The van der Waals surface area contributed by atoms with E-state index in [4.69, 9.17) is 0 Å². The zero-order valence-corrected chi connectivity index (χ0v) is 10.2. The van der Waals surface area contributed by atoms with Crippen molar-refractivity contribution in [3.05, 3.63) is 0 Å². The molecule has 0 aromatic rings. The number of hydrogen-bond donors (Lipinski definition) is 0. The van der Waals surface area contributed by atoms with Gasteiger partial charge in [0.1, 0.15) is 0 Å². The Labute approximate surface area is 105 Å². The summed E-state index contributed by atoms with van der Waals surface area (Å²) >= 11 is 0. The minimum absolute atomic E-state index is 0. The summed E-state index contributed by atoms with van der Waals surface area (Å²) in [5.74, 6) is -3.13. The van der Waals surface area contributed by atoms with Gasteiger partial charge in [-0.25, -0.2) is 0 Å². The van der Waals surface area contributed by atoms with E-state index in [1.54, 1.807) is 0 Å². The molecule has 4 nitrogen and oxygen atoms in total. The Bertz CT molecular complexity index is 158. The molecular weight excluding hydrogens is 288 g/mol. The van der Waals surface area contributed by atoms with Crippen molar-refractivity contribution in [2.45, 2.75) is 26.7 Å². The second-order valence-corrected chi connectivity index (χ2v) is 2.36. The molecule has 0 aromatic carbocycles. The van der Waals surface area contributed by atoms with Crippen molar-refractivity contribution in [2.24, 2.45) is 5.41 Å². The molecule has 0 aliphatic carbocycles. The van der Waals surface area contributed by atoms with E-state index in [2.05, 4.69) is 0 Å². The summed E-state index contributed by atoms with van der Waals surface area (Å²) in [4.78, 5) is 20.8. The quantitative estimate of drug-likeness (QED) is 0.579. The molecule has 0 saturated carbocycles. The molecule has 64 valence electrons. The molecular formula is C7H10CeO4+2. The number of hydrogen-bond acceptors (Lipinski definition) is 4. The third-order valence-corrected chi connectivity index (χ3v) is 1.99. The number of aliphatic carboxylic acids is 2. The summed E-state index contributed by atoms with van der Waals surface area (Å²) in [6.45, 7) is 2.96. The van der Waals surface area contributed by atoms with Crippen LogP contribution in [0.4, 0.5) is 0 Å². The molecule has 0 N–H and O–H groups in total. The summed E-state index contributed by atoms with van der Waals surface area (Å²) in [5.41, 5.74) is -1.81. The van der Waals surface area contributed by atoms with E-state index >= 15 is 0 Å². The molecule has 0 amide bonds. The Kier molecular flexibility index (Phi) is 7.26. The Morgan fingerprint density at radius 3 is 1.33 bits per heavy atom. The largest absolute Gasteiger partial charge is 4.00 e. The van der Waals surface area contributed by atoms with Gasteiger partial charge in [-0.15, -0.1) is 0 Å². The first-order chi connectivity index (χ1) is 5.01. The molecule has 0 rings (SSSR count). The fraction of sp³-hybridized carbons (Fsp3) is 0.714. The van der Waals surface area contributed by atoms with Gasteiger partial charge in [0.15, 0.2) is 0 Å². The second kappa shape index (κ2) is 5.88. The monoisotopic (exact) mass is 298 g/mol. The Morgan fingerprint density at radius 1 is 1.08 bits per heavy atom. The van der Waals surface area contributed by atoms with Crippen LogP contribution in [0.25, 0.3) is 0 Å². The molecule has 0 radical (unpaired) electrons. The van der Waals surface area contributed by atoms with Gasteiger partial charge in [-0.2, -0.15) is 0 Å². The number of carboxylic acids is 2. The van der Waals surface area contributed by atoms with Crippen molar-refractivity contribution in [3.8, 4) is 0 Å². The van der Waals surface area contributed by atoms with E-state index < -0.39 is 17.4 Å². The molecule has 0 atom stereocenters. The van der Waals surface area contributed by atoms with Crippen LogP contribution < -0.4 is 10.2 Å². The second-order valence-electron chi connectivity index (χ2n) is 2.36. The van der Waals surface area contributed by atoms with E-state index in [-0.39, 0.29) is 54.6 Å². The molecule has 0 aromatic heterocycles. The van der Waals surface area contributed by atoms with Gasteiger partial charge in [-0.3, -0.25) is 0 Å². The standard InChI is InChI=1S/C7H12O4.Ce/c1-3-7(4-2,5(8)9)6(10)11;/h3-4H2,1-2H3,(H,8,9)(H,10,11);/q;+4/p-2. The zero-order chi connectivity index (χ0) is 9.07. The van der Waals surface area contributed by atoms with Gasteiger partial charge >= 0.3 is 41.7 Å². The van der Waals surface area contributed by atoms with E-state index in [9.17, 15) is 19.8 Å². The Hall–Kier alpha value is 0.317. The molecule has 0 unspecified atom stereocenters. The van der Waals surface area contributed by atoms with E-state index in [1.165, 1.54) is 13.8 Å². The van der Waals surface area contributed by atoms with Crippen LogP contribution in [0.1, 0.15) is 26.7 Å². The third-order valence-electron chi connectivity index (χ3n) is 1.99. The van der Waals surface area contributed by atoms with Crippen LogP contribution in [-0.4, -0.2) is 11.9 Å². The van der Waals surface area contributed by atoms with Crippen LogP contribution >= 0.6 is 0 Å². The van der Waals surface area contributed by atoms with E-state index in [0.717, 1.165) is 0 Å². The first kappa shape index (κ1) is 14.8. The Balaban J connectivity index is 0. The maximum Gasteiger partial charge on any atom is 4.00 e. The smallest absolute Gasteiger partial charge is 0.549 e. The van der Waals surface area contributed by atoms with E-state index in [1.807, 2.05) is 0 Å². The first-order valence-electron chi connectivity index (χ1n) is 3.44. The topological polar surface area (TPSA) is 80.3 Å². The molecule has 0 spiro atoms. The average molecular weight is 298 g/mol. The predicted octanol–water partition coefficient (Wildman–Crippen LogP) is -1.71. The molecule has 0 bridgehead atoms. The fourth-order valence-electron chi connectivity index (χ4n) is 0.911. The number of carbonyl (C=O) groups is 2. The van der Waals surface area contributed by atoms with Crippen molar-refractivity contribution >= 4 is 11.9 Å². The van der Waals surface area contributed by atoms with Gasteiger partial charge < -0.3 is 19.8 Å². The summed E-state index contributed by atoms with van der Waals surface area (Å²) in [6, 6.07) is 0. The first-order valence-corrected chi connectivity index (χ1v) is 3.44. The normalized spacial score (nSPS) is 10.2. The molecule has 12 heavy (non-hydrogen) atoms. The van der Waals surface area contributed by atoms with Gasteiger partial charge in [0.2, 0.25) is 0 Å². The molecule has 0 aliphatic heterocycles. The van der Waals surface area contributed by atoms with Crippen LogP contribution in [0.15, 0.2) is 0 Å². The van der Waals surface area contributed by atoms with Gasteiger partial charge in [0, 0.05) is 5.41 Å². The fourth-order valence-corrected chi connectivity index (χ4v) is 0.911. The molecule has 0 heterocycles. The molecule has 5 heteroatoms. The molecule has 0 fully saturated rings. The van der Waals surface area contributed by atoms with Crippen LogP contribution in [0, 0.1) is 47.2 Å². The van der Waals surface area contributed by atoms with Crippen molar-refractivity contribution in [1.82, 2.24) is 0 Å². The third kappa shape index (κ3) is 2.67. The van der Waals surface area contributed by atoms with Crippen LogP contribution in [0.5, 0.6) is 0 Å². The predicted molar refractivity (Wildman–Crippen MR) is 33.0 cm³/mol. The maximum absolute atomic E-state index is 10.4. The van der Waals surface area contributed by atoms with E-state index in [0.29, 0.717) is 0 Å². The average Bonchev–Trinajstić information content (AvgIpc) is 1.90. The number of carbonyl (C=O) groups excluding carboxylic acids is 2. The van der Waals surface area contributed by atoms with Gasteiger partial charge in [0.05, 0.1) is 11.9 Å². The summed E-state index contributed by atoms with van der Waals surface area (Å²) in [5, 5.41) is 20.8. The van der Waals surface area contributed by atoms with Gasteiger partial charge in [0.25, 0.3) is 0 Å². The minimum Gasteiger partial charge on any atom is -0.549 e. The Morgan fingerprint density at radius 2 is 1.33 bits per heavy atom. The van der Waals surface area contributed by atoms with Gasteiger partial charge in [-0.05, 0) is 12.8 Å². The summed E-state index contributed by atoms with van der Waals surface area (Å²) in [6.07, 6.45) is -0.0116. The SMILES string of the molecule is CCC(CC)(C(=O)[O-])C(=O)[O-].[Ce+4]. The minimum atomic E-state index is -1.81. The zero-order valence-electron chi connectivity index (χ0n) is 7.05. The van der Waals surface area contributed by atoms with Crippen LogP contribution in [0.2, 0.25) is 0 Å².